The smallest absolute Gasteiger partial charge is 0.312 e. The van der Waals surface area contributed by atoms with Crippen LogP contribution in [0.25, 0.3) is 5.57 Å². The van der Waals surface area contributed by atoms with Crippen molar-refractivity contribution in [2.75, 3.05) is 6.61 Å². The number of hydrogen-bond donors (Lipinski definition) is 0. The minimum Gasteiger partial charge on any atom is -0.466 e. The number of benzene rings is 2. The summed E-state index contributed by atoms with van der Waals surface area (Å²) in [4.78, 5) is 12.1. The van der Waals surface area contributed by atoms with Crippen molar-refractivity contribution in [3.05, 3.63) is 77.4 Å². The van der Waals surface area contributed by atoms with E-state index in [4.69, 9.17) is 4.74 Å². The van der Waals surface area contributed by atoms with Crippen molar-refractivity contribution < 1.29 is 9.53 Å². The van der Waals surface area contributed by atoms with Crippen molar-refractivity contribution >= 4 is 11.5 Å². The van der Waals surface area contributed by atoms with Crippen molar-refractivity contribution in [2.24, 2.45) is 5.92 Å². The van der Waals surface area contributed by atoms with Crippen LogP contribution in [0.5, 0.6) is 0 Å². The molecule has 2 nitrogen and oxygen atoms in total. The first-order chi connectivity index (χ1) is 11.8. The maximum Gasteiger partial charge on any atom is 0.312 e. The third-order valence-electron chi connectivity index (χ3n) is 4.22. The van der Waals surface area contributed by atoms with Crippen LogP contribution < -0.4 is 0 Å². The summed E-state index contributed by atoms with van der Waals surface area (Å²) in [5.74, 6) is -0.486. The largest absolute Gasteiger partial charge is 0.466 e. The third kappa shape index (κ3) is 5.06. The summed E-state index contributed by atoms with van der Waals surface area (Å²) < 4.78 is 5.16. The highest BCUT2D eigenvalue weighted by molar-refractivity contribution is 5.84. The second-order valence-corrected chi connectivity index (χ2v) is 7.31. The van der Waals surface area contributed by atoms with Crippen molar-refractivity contribution in [1.29, 1.82) is 0 Å². The molecule has 1 atom stereocenters. The first-order valence-corrected chi connectivity index (χ1v) is 8.87. The molecule has 2 aromatic carbocycles. The van der Waals surface area contributed by atoms with Crippen LogP contribution in [0.1, 0.15) is 51.3 Å². The lowest BCUT2D eigenvalue weighted by Gasteiger charge is -2.20. The van der Waals surface area contributed by atoms with Gasteiger partial charge in [-0.25, -0.2) is 0 Å². The van der Waals surface area contributed by atoms with Crippen molar-refractivity contribution in [1.82, 2.24) is 0 Å². The molecule has 0 aromatic heterocycles. The molecule has 2 aromatic rings. The van der Waals surface area contributed by atoms with Gasteiger partial charge in [-0.3, -0.25) is 4.79 Å². The van der Waals surface area contributed by atoms with Gasteiger partial charge in [-0.05, 0) is 41.5 Å². The van der Waals surface area contributed by atoms with Crippen LogP contribution in [0.2, 0.25) is 0 Å². The third-order valence-corrected chi connectivity index (χ3v) is 4.22. The molecular weight excluding hydrogens is 308 g/mol. The van der Waals surface area contributed by atoms with E-state index in [1.807, 2.05) is 38.1 Å². The molecule has 0 N–H and O–H groups in total. The lowest BCUT2D eigenvalue weighted by atomic mass is 9.85. The summed E-state index contributed by atoms with van der Waals surface area (Å²) >= 11 is 0. The van der Waals surface area contributed by atoms with E-state index in [2.05, 4.69) is 57.2 Å². The Morgan fingerprint density at radius 1 is 1.00 bits per heavy atom. The molecule has 0 radical (unpaired) electrons. The number of esters is 1. The van der Waals surface area contributed by atoms with E-state index in [0.717, 1.165) is 16.7 Å². The van der Waals surface area contributed by atoms with Crippen LogP contribution in [-0.4, -0.2) is 12.6 Å². The van der Waals surface area contributed by atoms with E-state index >= 15 is 0 Å². The SMILES string of the molecule is CCOC(=O)C(C)/C=C(\c1ccccc1)c1ccc(C(C)(C)C)cc1. The zero-order valence-corrected chi connectivity index (χ0v) is 15.9. The molecular formula is C23H28O2. The summed E-state index contributed by atoms with van der Waals surface area (Å²) in [7, 11) is 0. The highest BCUT2D eigenvalue weighted by Crippen LogP contribution is 2.28. The number of ether oxygens (including phenoxy) is 1. The molecule has 0 aliphatic heterocycles. The van der Waals surface area contributed by atoms with Crippen LogP contribution in [0, 0.1) is 5.92 Å². The fraction of sp³-hybridized carbons (Fsp3) is 0.348. The molecule has 1 unspecified atom stereocenters. The van der Waals surface area contributed by atoms with E-state index in [9.17, 15) is 4.79 Å². The molecule has 2 rings (SSSR count). The lowest BCUT2D eigenvalue weighted by Crippen LogP contribution is -2.13. The van der Waals surface area contributed by atoms with Gasteiger partial charge < -0.3 is 4.74 Å². The molecule has 0 amide bonds. The van der Waals surface area contributed by atoms with Gasteiger partial charge in [-0.15, -0.1) is 0 Å². The fourth-order valence-electron chi connectivity index (χ4n) is 2.72. The Kier molecular flexibility index (Phi) is 6.19. The number of hydrogen-bond acceptors (Lipinski definition) is 2. The van der Waals surface area contributed by atoms with Crippen LogP contribution in [0.3, 0.4) is 0 Å². The maximum absolute atomic E-state index is 12.1. The van der Waals surface area contributed by atoms with Crippen LogP contribution in [-0.2, 0) is 14.9 Å². The quantitative estimate of drug-likeness (QED) is 0.663. The molecule has 0 spiro atoms. The van der Waals surface area contributed by atoms with Gasteiger partial charge in [-0.1, -0.05) is 81.4 Å². The number of rotatable bonds is 5. The van der Waals surface area contributed by atoms with Crippen molar-refractivity contribution in [3.8, 4) is 0 Å². The average Bonchev–Trinajstić information content (AvgIpc) is 2.60. The van der Waals surface area contributed by atoms with Gasteiger partial charge in [0.05, 0.1) is 12.5 Å². The summed E-state index contributed by atoms with van der Waals surface area (Å²) in [6, 6.07) is 18.8. The highest BCUT2D eigenvalue weighted by Gasteiger charge is 2.16. The zero-order chi connectivity index (χ0) is 18.4. The summed E-state index contributed by atoms with van der Waals surface area (Å²) in [5.41, 5.74) is 4.68. The molecule has 132 valence electrons. The highest BCUT2D eigenvalue weighted by atomic mass is 16.5. The van der Waals surface area contributed by atoms with Gasteiger partial charge in [0.15, 0.2) is 0 Å². The Balaban J connectivity index is 2.44. The second-order valence-electron chi connectivity index (χ2n) is 7.31. The molecule has 0 aliphatic carbocycles. The number of carbonyl (C=O) groups excluding carboxylic acids is 1. The van der Waals surface area contributed by atoms with E-state index < -0.39 is 0 Å². The van der Waals surface area contributed by atoms with E-state index in [1.165, 1.54) is 5.56 Å². The summed E-state index contributed by atoms with van der Waals surface area (Å²) in [6.07, 6.45) is 2.00. The first kappa shape index (κ1) is 19.0. The summed E-state index contributed by atoms with van der Waals surface area (Å²) in [6.45, 7) is 10.7. The lowest BCUT2D eigenvalue weighted by molar-refractivity contribution is -0.145. The van der Waals surface area contributed by atoms with Crippen LogP contribution in [0.4, 0.5) is 0 Å². The van der Waals surface area contributed by atoms with Gasteiger partial charge in [0, 0.05) is 0 Å². The van der Waals surface area contributed by atoms with E-state index in [1.54, 1.807) is 0 Å². The predicted octanol–water partition coefficient (Wildman–Crippen LogP) is 5.62. The second kappa shape index (κ2) is 8.15. The molecule has 0 saturated heterocycles. The van der Waals surface area contributed by atoms with Crippen LogP contribution in [0.15, 0.2) is 60.7 Å². The number of carbonyl (C=O) groups is 1. The fourth-order valence-corrected chi connectivity index (χ4v) is 2.72. The molecule has 2 heteroatoms. The van der Waals surface area contributed by atoms with E-state index in [0.29, 0.717) is 6.61 Å². The summed E-state index contributed by atoms with van der Waals surface area (Å²) in [5, 5.41) is 0. The Morgan fingerprint density at radius 2 is 1.56 bits per heavy atom. The molecule has 0 aliphatic rings. The monoisotopic (exact) mass is 336 g/mol. The average molecular weight is 336 g/mol. The molecule has 0 bridgehead atoms. The van der Waals surface area contributed by atoms with Crippen LogP contribution >= 0.6 is 0 Å². The van der Waals surface area contributed by atoms with Gasteiger partial charge >= 0.3 is 5.97 Å². The minimum atomic E-state index is -0.294. The Bertz CT molecular complexity index is 719. The topological polar surface area (TPSA) is 26.3 Å². The standard InChI is InChI=1S/C23H28O2/c1-6-25-22(24)17(2)16-21(18-10-8-7-9-11-18)19-12-14-20(15-13-19)23(3,4)5/h7-17H,6H2,1-5H3/b21-16+. The minimum absolute atomic E-state index is 0.118. The Hall–Kier alpha value is -2.35. The Labute approximate surface area is 151 Å². The van der Waals surface area contributed by atoms with Gasteiger partial charge in [-0.2, -0.15) is 0 Å². The van der Waals surface area contributed by atoms with Gasteiger partial charge in [0.1, 0.15) is 0 Å². The molecule has 0 fully saturated rings. The first-order valence-electron chi connectivity index (χ1n) is 8.87. The van der Waals surface area contributed by atoms with Gasteiger partial charge in [0.2, 0.25) is 0 Å². The zero-order valence-electron chi connectivity index (χ0n) is 15.9. The maximum atomic E-state index is 12.1. The molecule has 0 heterocycles. The Morgan fingerprint density at radius 3 is 2.08 bits per heavy atom. The van der Waals surface area contributed by atoms with Gasteiger partial charge in [0.25, 0.3) is 0 Å². The molecule has 0 saturated carbocycles. The van der Waals surface area contributed by atoms with Crippen molar-refractivity contribution in [3.63, 3.8) is 0 Å². The predicted molar refractivity (Wildman–Crippen MR) is 104 cm³/mol. The normalized spacial score (nSPS) is 13.4. The van der Waals surface area contributed by atoms with E-state index in [-0.39, 0.29) is 17.3 Å². The molecule has 25 heavy (non-hydrogen) atoms. The van der Waals surface area contributed by atoms with Crippen molar-refractivity contribution in [2.45, 2.75) is 40.0 Å².